The van der Waals surface area contributed by atoms with E-state index in [1.807, 2.05) is 0 Å². The Kier molecular flexibility index (Phi) is 5.14. The van der Waals surface area contributed by atoms with E-state index < -0.39 is 0 Å². The Morgan fingerprint density at radius 1 is 1.05 bits per heavy atom. The fourth-order valence-electron chi connectivity index (χ4n) is 3.75. The van der Waals surface area contributed by atoms with Crippen LogP contribution in [0.2, 0.25) is 0 Å². The molecule has 0 spiro atoms. The normalized spacial score (nSPS) is 30.0. The predicted octanol–water partition coefficient (Wildman–Crippen LogP) is 0.651. The number of carbonyl (C=O) groups excluding carboxylic acids is 1. The largest absolute Gasteiger partial charge is 0.379 e. The van der Waals surface area contributed by atoms with E-state index in [4.69, 9.17) is 4.74 Å². The van der Waals surface area contributed by atoms with Crippen molar-refractivity contribution in [2.45, 2.75) is 32.2 Å². The summed E-state index contributed by atoms with van der Waals surface area (Å²) in [6.07, 6.45) is 3.54. The summed E-state index contributed by atoms with van der Waals surface area (Å²) >= 11 is 0. The van der Waals surface area contributed by atoms with Gasteiger partial charge in [0, 0.05) is 45.3 Å². The van der Waals surface area contributed by atoms with Gasteiger partial charge in [-0.25, -0.2) is 0 Å². The van der Waals surface area contributed by atoms with E-state index in [1.165, 1.54) is 19.3 Å². The molecule has 3 aliphatic rings. The van der Waals surface area contributed by atoms with Gasteiger partial charge in [-0.05, 0) is 25.2 Å². The Labute approximate surface area is 128 Å². The summed E-state index contributed by atoms with van der Waals surface area (Å²) in [6, 6.07) is 0.628. The molecule has 0 aliphatic carbocycles. The maximum atomic E-state index is 12.4. The van der Waals surface area contributed by atoms with Crippen molar-refractivity contribution in [1.29, 1.82) is 0 Å². The molecule has 3 fully saturated rings. The molecule has 120 valence electrons. The van der Waals surface area contributed by atoms with Crippen LogP contribution < -0.4 is 0 Å². The van der Waals surface area contributed by atoms with Crippen molar-refractivity contribution in [3.05, 3.63) is 0 Å². The third kappa shape index (κ3) is 3.96. The molecule has 3 aliphatic heterocycles. The van der Waals surface area contributed by atoms with Crippen LogP contribution in [0, 0.1) is 5.92 Å². The fourth-order valence-corrected chi connectivity index (χ4v) is 3.75. The Morgan fingerprint density at radius 3 is 2.48 bits per heavy atom. The molecule has 3 saturated heterocycles. The first kappa shape index (κ1) is 15.3. The summed E-state index contributed by atoms with van der Waals surface area (Å²) in [5.41, 5.74) is 0. The number of nitrogens with zero attached hydrogens (tertiary/aromatic N) is 3. The lowest BCUT2D eigenvalue weighted by atomic mass is 9.99. The van der Waals surface area contributed by atoms with E-state index in [9.17, 15) is 4.79 Å². The van der Waals surface area contributed by atoms with Gasteiger partial charge >= 0.3 is 0 Å². The Bertz CT molecular complexity index is 349. The molecule has 5 heteroatoms. The van der Waals surface area contributed by atoms with Crippen molar-refractivity contribution in [1.82, 2.24) is 14.7 Å². The number of hydrogen-bond acceptors (Lipinski definition) is 4. The number of likely N-dealkylation sites (tertiary alicyclic amines) is 2. The first-order valence-electron chi connectivity index (χ1n) is 8.54. The summed E-state index contributed by atoms with van der Waals surface area (Å²) in [7, 11) is 0. The molecule has 0 bridgehead atoms. The Hall–Kier alpha value is -0.650. The quantitative estimate of drug-likeness (QED) is 0.766. The number of amides is 1. The number of rotatable bonds is 3. The summed E-state index contributed by atoms with van der Waals surface area (Å²) in [5, 5.41) is 0. The van der Waals surface area contributed by atoms with Gasteiger partial charge in [-0.1, -0.05) is 6.92 Å². The maximum Gasteiger partial charge on any atom is 0.236 e. The summed E-state index contributed by atoms with van der Waals surface area (Å²) in [5.74, 6) is 1.12. The van der Waals surface area contributed by atoms with E-state index in [1.54, 1.807) is 0 Å². The molecule has 0 aromatic rings. The number of hydrogen-bond donors (Lipinski definition) is 0. The highest BCUT2D eigenvalue weighted by Gasteiger charge is 2.30. The molecule has 0 N–H and O–H groups in total. The summed E-state index contributed by atoms with van der Waals surface area (Å²) in [4.78, 5) is 19.4. The van der Waals surface area contributed by atoms with E-state index in [2.05, 4.69) is 21.6 Å². The van der Waals surface area contributed by atoms with Gasteiger partial charge in [-0.15, -0.1) is 0 Å². The standard InChI is InChI=1S/C16H29N3O2/c1-14-2-6-19(7-3-14)16(20)13-17-5-4-15(12-17)18-8-10-21-11-9-18/h14-15H,2-13H2,1H3/t15-/m1/s1. The van der Waals surface area contributed by atoms with Crippen molar-refractivity contribution in [3.63, 3.8) is 0 Å². The number of piperidine rings is 1. The first-order valence-corrected chi connectivity index (χ1v) is 8.54. The van der Waals surface area contributed by atoms with Crippen LogP contribution in [0.1, 0.15) is 26.2 Å². The van der Waals surface area contributed by atoms with Crippen LogP contribution in [0.3, 0.4) is 0 Å². The molecular weight excluding hydrogens is 266 g/mol. The van der Waals surface area contributed by atoms with Gasteiger partial charge in [-0.3, -0.25) is 14.6 Å². The van der Waals surface area contributed by atoms with Crippen molar-refractivity contribution in [3.8, 4) is 0 Å². The van der Waals surface area contributed by atoms with Crippen LogP contribution in [-0.2, 0) is 9.53 Å². The van der Waals surface area contributed by atoms with Crippen LogP contribution in [0.4, 0.5) is 0 Å². The lowest BCUT2D eigenvalue weighted by molar-refractivity contribution is -0.133. The van der Waals surface area contributed by atoms with E-state index in [0.717, 1.165) is 58.4 Å². The predicted molar refractivity (Wildman–Crippen MR) is 82.2 cm³/mol. The smallest absolute Gasteiger partial charge is 0.236 e. The van der Waals surface area contributed by atoms with Crippen LogP contribution in [0.25, 0.3) is 0 Å². The molecule has 0 unspecified atom stereocenters. The number of morpholine rings is 1. The van der Waals surface area contributed by atoms with Crippen LogP contribution in [0.15, 0.2) is 0 Å². The minimum atomic E-state index is 0.338. The molecular formula is C16H29N3O2. The molecule has 1 atom stereocenters. The number of carbonyl (C=O) groups is 1. The highest BCUT2D eigenvalue weighted by atomic mass is 16.5. The van der Waals surface area contributed by atoms with Gasteiger partial charge in [-0.2, -0.15) is 0 Å². The van der Waals surface area contributed by atoms with E-state index in [0.29, 0.717) is 18.5 Å². The summed E-state index contributed by atoms with van der Waals surface area (Å²) < 4.78 is 5.42. The van der Waals surface area contributed by atoms with Crippen LogP contribution in [-0.4, -0.2) is 85.7 Å². The van der Waals surface area contributed by atoms with Gasteiger partial charge in [0.15, 0.2) is 0 Å². The van der Waals surface area contributed by atoms with Crippen molar-refractivity contribution in [2.24, 2.45) is 5.92 Å². The zero-order chi connectivity index (χ0) is 14.7. The second kappa shape index (κ2) is 7.07. The van der Waals surface area contributed by atoms with Gasteiger partial charge in [0.1, 0.15) is 0 Å². The van der Waals surface area contributed by atoms with Gasteiger partial charge in [0.2, 0.25) is 5.91 Å². The van der Waals surface area contributed by atoms with Crippen LogP contribution >= 0.6 is 0 Å². The third-order valence-corrected chi connectivity index (χ3v) is 5.30. The van der Waals surface area contributed by atoms with Crippen LogP contribution in [0.5, 0.6) is 0 Å². The maximum absolute atomic E-state index is 12.4. The molecule has 0 aromatic carbocycles. The van der Waals surface area contributed by atoms with Gasteiger partial charge < -0.3 is 9.64 Å². The second-order valence-electron chi connectivity index (χ2n) is 6.89. The SMILES string of the molecule is CC1CCN(C(=O)CN2CC[C@@H](N3CCOCC3)C2)CC1. The average molecular weight is 295 g/mol. The topological polar surface area (TPSA) is 36.0 Å². The van der Waals surface area contributed by atoms with Gasteiger partial charge in [0.25, 0.3) is 0 Å². The lowest BCUT2D eigenvalue weighted by Crippen LogP contribution is -2.46. The van der Waals surface area contributed by atoms with Gasteiger partial charge in [0.05, 0.1) is 19.8 Å². The van der Waals surface area contributed by atoms with Crippen molar-refractivity contribution in [2.75, 3.05) is 59.0 Å². The molecule has 0 saturated carbocycles. The second-order valence-corrected chi connectivity index (χ2v) is 6.89. The minimum Gasteiger partial charge on any atom is -0.379 e. The lowest BCUT2D eigenvalue weighted by Gasteiger charge is -2.33. The highest BCUT2D eigenvalue weighted by molar-refractivity contribution is 5.78. The molecule has 5 nitrogen and oxygen atoms in total. The zero-order valence-electron chi connectivity index (χ0n) is 13.3. The molecule has 3 heterocycles. The Balaban J connectivity index is 1.42. The third-order valence-electron chi connectivity index (χ3n) is 5.30. The fraction of sp³-hybridized carbons (Fsp3) is 0.938. The minimum absolute atomic E-state index is 0.338. The molecule has 0 radical (unpaired) electrons. The molecule has 21 heavy (non-hydrogen) atoms. The van der Waals surface area contributed by atoms with E-state index >= 15 is 0 Å². The van der Waals surface area contributed by atoms with Crippen molar-refractivity contribution < 1.29 is 9.53 Å². The Morgan fingerprint density at radius 2 is 1.76 bits per heavy atom. The zero-order valence-corrected chi connectivity index (χ0v) is 13.3. The first-order chi connectivity index (χ1) is 10.2. The summed E-state index contributed by atoms with van der Waals surface area (Å²) in [6.45, 7) is 10.8. The van der Waals surface area contributed by atoms with E-state index in [-0.39, 0.29) is 0 Å². The van der Waals surface area contributed by atoms with Crippen molar-refractivity contribution >= 4 is 5.91 Å². The monoisotopic (exact) mass is 295 g/mol. The molecule has 0 aromatic heterocycles. The molecule has 3 rings (SSSR count). The highest BCUT2D eigenvalue weighted by Crippen LogP contribution is 2.19. The number of ether oxygens (including phenoxy) is 1. The average Bonchev–Trinajstić information content (AvgIpc) is 2.97. The molecule has 1 amide bonds.